The molecule has 0 aromatic heterocycles. The van der Waals surface area contributed by atoms with Crippen LogP contribution in [0.2, 0.25) is 0 Å². The van der Waals surface area contributed by atoms with Crippen LogP contribution in [-0.4, -0.2) is 38.0 Å². The van der Waals surface area contributed by atoms with Gasteiger partial charge in [0.1, 0.15) is 5.82 Å². The number of sulfonamides is 1. The van der Waals surface area contributed by atoms with Crippen molar-refractivity contribution >= 4 is 21.6 Å². The second-order valence-electron chi connectivity index (χ2n) is 6.25. The van der Waals surface area contributed by atoms with Gasteiger partial charge < -0.3 is 5.32 Å². The Bertz CT molecular complexity index is 877. The lowest BCUT2D eigenvalue weighted by atomic mass is 10.1. The van der Waals surface area contributed by atoms with Crippen molar-refractivity contribution in [1.82, 2.24) is 4.31 Å². The molecule has 0 spiro atoms. The van der Waals surface area contributed by atoms with Crippen LogP contribution in [0.15, 0.2) is 42.5 Å². The predicted molar refractivity (Wildman–Crippen MR) is 101 cm³/mol. The van der Waals surface area contributed by atoms with Crippen molar-refractivity contribution in [2.45, 2.75) is 20.3 Å². The molecular formula is C19H23FN2O3S. The number of carbonyl (C=O) groups excluding carboxylic acids is 1. The van der Waals surface area contributed by atoms with Crippen molar-refractivity contribution < 1.29 is 17.6 Å². The van der Waals surface area contributed by atoms with E-state index in [9.17, 15) is 17.6 Å². The van der Waals surface area contributed by atoms with Crippen LogP contribution in [0.3, 0.4) is 0 Å². The summed E-state index contributed by atoms with van der Waals surface area (Å²) in [5, 5.41) is 2.77. The number of nitrogens with zero attached hydrogens (tertiary/aromatic N) is 1. The first-order valence-electron chi connectivity index (χ1n) is 8.23. The molecule has 26 heavy (non-hydrogen) atoms. The fourth-order valence-corrected chi connectivity index (χ4v) is 3.43. The third-order valence-electron chi connectivity index (χ3n) is 4.12. The first-order chi connectivity index (χ1) is 12.2. The Hall–Kier alpha value is -2.25. The van der Waals surface area contributed by atoms with Gasteiger partial charge in [-0.25, -0.2) is 12.8 Å². The molecule has 0 bridgehead atoms. The molecule has 0 fully saturated rings. The average Bonchev–Trinajstić information content (AvgIpc) is 2.55. The number of para-hydroxylation sites is 1. The van der Waals surface area contributed by atoms with E-state index in [2.05, 4.69) is 5.32 Å². The van der Waals surface area contributed by atoms with Crippen molar-refractivity contribution in [2.24, 2.45) is 0 Å². The Kier molecular flexibility index (Phi) is 6.50. The van der Waals surface area contributed by atoms with E-state index >= 15 is 0 Å². The lowest BCUT2D eigenvalue weighted by Gasteiger charge is -2.20. The van der Waals surface area contributed by atoms with Crippen LogP contribution in [0.4, 0.5) is 10.1 Å². The molecule has 0 aliphatic carbocycles. The van der Waals surface area contributed by atoms with Crippen LogP contribution in [0, 0.1) is 19.7 Å². The molecule has 2 rings (SSSR count). The largest absolute Gasteiger partial charge is 0.324 e. The second-order valence-corrected chi connectivity index (χ2v) is 8.24. The molecule has 5 nitrogen and oxygen atoms in total. The number of carbonyl (C=O) groups is 1. The number of aryl methyl sites for hydroxylation is 2. The molecule has 0 saturated carbocycles. The first-order valence-corrected chi connectivity index (χ1v) is 10.1. The van der Waals surface area contributed by atoms with Crippen LogP contribution < -0.4 is 5.32 Å². The lowest BCUT2D eigenvalue weighted by Crippen LogP contribution is -2.38. The minimum absolute atomic E-state index is 0.0277. The van der Waals surface area contributed by atoms with Gasteiger partial charge in [-0.2, -0.15) is 4.31 Å². The van der Waals surface area contributed by atoms with Crippen LogP contribution in [-0.2, 0) is 21.2 Å². The van der Waals surface area contributed by atoms with E-state index in [4.69, 9.17) is 0 Å². The van der Waals surface area contributed by atoms with Gasteiger partial charge in [0.05, 0.1) is 12.8 Å². The van der Waals surface area contributed by atoms with Gasteiger partial charge in [0, 0.05) is 12.2 Å². The van der Waals surface area contributed by atoms with Gasteiger partial charge in [-0.3, -0.25) is 4.79 Å². The number of halogens is 1. The Morgan fingerprint density at radius 3 is 2.27 bits per heavy atom. The van der Waals surface area contributed by atoms with E-state index in [1.54, 1.807) is 18.2 Å². The normalized spacial score (nSPS) is 11.6. The molecule has 2 aromatic rings. The molecule has 1 N–H and O–H groups in total. The molecule has 0 heterocycles. The molecule has 0 aliphatic heterocycles. The highest BCUT2D eigenvalue weighted by atomic mass is 32.2. The molecule has 1 amide bonds. The number of benzene rings is 2. The van der Waals surface area contributed by atoms with E-state index in [1.807, 2.05) is 32.0 Å². The molecular weight excluding hydrogens is 355 g/mol. The number of hydrogen-bond donors (Lipinski definition) is 1. The zero-order chi connectivity index (χ0) is 19.3. The number of anilines is 1. The summed E-state index contributed by atoms with van der Waals surface area (Å²) in [5.41, 5.74) is 2.89. The minimum Gasteiger partial charge on any atom is -0.324 e. The molecule has 0 aliphatic rings. The molecule has 2 aromatic carbocycles. The summed E-state index contributed by atoms with van der Waals surface area (Å²) in [6.07, 6.45) is 1.23. The molecule has 0 radical (unpaired) electrons. The van der Waals surface area contributed by atoms with Crippen molar-refractivity contribution in [2.75, 3.05) is 24.7 Å². The number of hydrogen-bond acceptors (Lipinski definition) is 3. The molecule has 140 valence electrons. The van der Waals surface area contributed by atoms with Crippen LogP contribution >= 0.6 is 0 Å². The summed E-state index contributed by atoms with van der Waals surface area (Å²) in [4.78, 5) is 12.4. The van der Waals surface area contributed by atoms with E-state index < -0.39 is 15.9 Å². The zero-order valence-corrected chi connectivity index (χ0v) is 15.9. The van der Waals surface area contributed by atoms with Gasteiger partial charge in [0.2, 0.25) is 15.9 Å². The maximum atomic E-state index is 13.7. The molecule has 0 saturated heterocycles. The van der Waals surface area contributed by atoms with Gasteiger partial charge in [-0.15, -0.1) is 0 Å². The molecule has 0 unspecified atom stereocenters. The van der Waals surface area contributed by atoms with Crippen LogP contribution in [0.25, 0.3) is 0 Å². The number of nitrogens with one attached hydrogen (secondary N) is 1. The smallest absolute Gasteiger partial charge is 0.239 e. The number of rotatable bonds is 7. The molecule has 0 atom stereocenters. The van der Waals surface area contributed by atoms with Gasteiger partial charge in [0.25, 0.3) is 0 Å². The number of amides is 1. The van der Waals surface area contributed by atoms with Crippen LogP contribution in [0.1, 0.15) is 16.7 Å². The highest BCUT2D eigenvalue weighted by Crippen LogP contribution is 2.19. The Labute approximate surface area is 153 Å². The van der Waals surface area contributed by atoms with Crippen molar-refractivity contribution in [1.29, 1.82) is 0 Å². The summed E-state index contributed by atoms with van der Waals surface area (Å²) in [6, 6.07) is 11.8. The quantitative estimate of drug-likeness (QED) is 0.806. The summed E-state index contributed by atoms with van der Waals surface area (Å²) in [5.74, 6) is -0.817. The van der Waals surface area contributed by atoms with Gasteiger partial charge in [-0.1, -0.05) is 36.4 Å². The Morgan fingerprint density at radius 2 is 1.69 bits per heavy atom. The predicted octanol–water partition coefficient (Wildman–Crippen LogP) is 2.89. The zero-order valence-electron chi connectivity index (χ0n) is 15.1. The van der Waals surface area contributed by atoms with Gasteiger partial charge in [0.15, 0.2) is 0 Å². The second kappa shape index (κ2) is 8.42. The lowest BCUT2D eigenvalue weighted by molar-refractivity contribution is -0.116. The van der Waals surface area contributed by atoms with E-state index in [0.717, 1.165) is 21.7 Å². The monoisotopic (exact) mass is 378 g/mol. The summed E-state index contributed by atoms with van der Waals surface area (Å²) < 4.78 is 38.8. The van der Waals surface area contributed by atoms with Crippen LogP contribution in [0.5, 0.6) is 0 Å². The SMILES string of the molecule is Cc1cccc(C)c1NC(=O)CN(CCc1ccccc1F)S(C)(=O)=O. The highest BCUT2D eigenvalue weighted by molar-refractivity contribution is 7.88. The minimum atomic E-state index is -3.61. The summed E-state index contributed by atoms with van der Waals surface area (Å²) >= 11 is 0. The highest BCUT2D eigenvalue weighted by Gasteiger charge is 2.21. The van der Waals surface area contributed by atoms with Crippen molar-refractivity contribution in [3.63, 3.8) is 0 Å². The summed E-state index contributed by atoms with van der Waals surface area (Å²) in [6.45, 7) is 3.45. The van der Waals surface area contributed by atoms with Crippen molar-refractivity contribution in [3.05, 3.63) is 65.0 Å². The van der Waals surface area contributed by atoms with E-state index in [0.29, 0.717) is 11.3 Å². The van der Waals surface area contributed by atoms with E-state index in [-0.39, 0.29) is 25.3 Å². The fourth-order valence-electron chi connectivity index (χ4n) is 2.66. The maximum Gasteiger partial charge on any atom is 0.239 e. The third-order valence-corrected chi connectivity index (χ3v) is 5.37. The Morgan fingerprint density at radius 1 is 1.08 bits per heavy atom. The fraction of sp³-hybridized carbons (Fsp3) is 0.316. The topological polar surface area (TPSA) is 66.5 Å². The van der Waals surface area contributed by atoms with Gasteiger partial charge >= 0.3 is 0 Å². The van der Waals surface area contributed by atoms with E-state index in [1.165, 1.54) is 6.07 Å². The molecule has 7 heteroatoms. The third kappa shape index (κ3) is 5.37. The van der Waals surface area contributed by atoms with Gasteiger partial charge in [-0.05, 0) is 43.0 Å². The Balaban J connectivity index is 2.08. The maximum absolute atomic E-state index is 13.7. The van der Waals surface area contributed by atoms with Crippen molar-refractivity contribution in [3.8, 4) is 0 Å². The average molecular weight is 378 g/mol. The first kappa shape index (κ1) is 20.1. The summed E-state index contributed by atoms with van der Waals surface area (Å²) in [7, 11) is -3.61. The standard InChI is InChI=1S/C19H23FN2O3S/c1-14-7-6-8-15(2)19(14)21-18(23)13-22(26(3,24)25)12-11-16-9-4-5-10-17(16)20/h4-10H,11-13H2,1-3H3,(H,21,23).